The van der Waals surface area contributed by atoms with Crippen molar-refractivity contribution >= 4 is 27.6 Å². The van der Waals surface area contributed by atoms with E-state index in [1.807, 2.05) is 19.1 Å². The maximum atomic E-state index is 12.4. The van der Waals surface area contributed by atoms with Crippen LogP contribution in [0.15, 0.2) is 53.4 Å². The molecule has 0 aliphatic rings. The molecule has 0 heterocycles. The van der Waals surface area contributed by atoms with Crippen LogP contribution in [-0.4, -0.2) is 32.4 Å². The number of ether oxygens (including phenoxy) is 1. The molecule has 7 nitrogen and oxygen atoms in total. The van der Waals surface area contributed by atoms with E-state index in [9.17, 15) is 18.0 Å². The second-order valence-corrected chi connectivity index (χ2v) is 10.3. The van der Waals surface area contributed by atoms with Gasteiger partial charge in [-0.1, -0.05) is 50.6 Å². The van der Waals surface area contributed by atoms with Gasteiger partial charge in [0.1, 0.15) is 6.04 Å². The van der Waals surface area contributed by atoms with Crippen LogP contribution in [0.25, 0.3) is 0 Å². The van der Waals surface area contributed by atoms with E-state index in [-0.39, 0.29) is 10.3 Å². The zero-order valence-corrected chi connectivity index (χ0v) is 19.5. The van der Waals surface area contributed by atoms with Gasteiger partial charge < -0.3 is 10.1 Å². The number of esters is 1. The summed E-state index contributed by atoms with van der Waals surface area (Å²) in [5.41, 5.74) is 2.61. The molecule has 1 amide bonds. The zero-order valence-electron chi connectivity index (χ0n) is 18.7. The molecular formula is C23H30N2O5S. The van der Waals surface area contributed by atoms with Gasteiger partial charge >= 0.3 is 5.97 Å². The van der Waals surface area contributed by atoms with Crippen LogP contribution in [0.2, 0.25) is 0 Å². The Morgan fingerprint density at radius 1 is 0.935 bits per heavy atom. The number of aryl methyl sites for hydroxylation is 1. The van der Waals surface area contributed by atoms with Gasteiger partial charge in [0, 0.05) is 5.69 Å². The Bertz CT molecular complexity index is 1020. The number of hydrogen-bond acceptors (Lipinski definition) is 5. The lowest BCUT2D eigenvalue weighted by atomic mass is 9.87. The highest BCUT2D eigenvalue weighted by atomic mass is 32.2. The number of amides is 1. The lowest BCUT2D eigenvalue weighted by Crippen LogP contribution is -2.42. The first-order valence-corrected chi connectivity index (χ1v) is 11.5. The third-order valence-corrected chi connectivity index (χ3v) is 6.25. The molecule has 0 aromatic heterocycles. The van der Waals surface area contributed by atoms with Crippen molar-refractivity contribution in [2.24, 2.45) is 0 Å². The molecule has 0 aliphatic carbocycles. The van der Waals surface area contributed by atoms with Crippen molar-refractivity contribution in [3.05, 3.63) is 59.7 Å². The van der Waals surface area contributed by atoms with Crippen LogP contribution in [0, 0.1) is 6.92 Å². The predicted molar refractivity (Wildman–Crippen MR) is 120 cm³/mol. The smallest absolute Gasteiger partial charge is 0.324 e. The predicted octanol–water partition coefficient (Wildman–Crippen LogP) is 3.53. The molecule has 2 aromatic rings. The summed E-state index contributed by atoms with van der Waals surface area (Å²) < 4.78 is 32.3. The minimum Gasteiger partial charge on any atom is -0.451 e. The van der Waals surface area contributed by atoms with Crippen molar-refractivity contribution in [1.82, 2.24) is 4.72 Å². The topological polar surface area (TPSA) is 102 Å². The summed E-state index contributed by atoms with van der Waals surface area (Å²) in [6.07, 6.45) is -1.10. The summed E-state index contributed by atoms with van der Waals surface area (Å²) in [6, 6.07) is 12.5. The van der Waals surface area contributed by atoms with Gasteiger partial charge in [-0.25, -0.2) is 8.42 Å². The minimum absolute atomic E-state index is 0.00653. The number of carbonyl (C=O) groups excluding carboxylic acids is 2. The highest BCUT2D eigenvalue weighted by Crippen LogP contribution is 2.23. The van der Waals surface area contributed by atoms with E-state index in [4.69, 9.17) is 4.74 Å². The lowest BCUT2D eigenvalue weighted by molar-refractivity contribution is -0.154. The van der Waals surface area contributed by atoms with E-state index in [0.29, 0.717) is 5.69 Å². The molecule has 2 aromatic carbocycles. The average Bonchev–Trinajstić information content (AvgIpc) is 2.67. The van der Waals surface area contributed by atoms with E-state index < -0.39 is 34.0 Å². The molecule has 31 heavy (non-hydrogen) atoms. The summed E-state index contributed by atoms with van der Waals surface area (Å²) in [5, 5.41) is 2.69. The molecule has 1 unspecified atom stereocenters. The maximum absolute atomic E-state index is 12.4. The molecule has 0 radical (unpaired) electrons. The molecule has 0 fully saturated rings. The Hall–Kier alpha value is -2.71. The van der Waals surface area contributed by atoms with Crippen LogP contribution in [0.1, 0.15) is 45.7 Å². The Morgan fingerprint density at radius 3 is 2.00 bits per heavy atom. The first-order chi connectivity index (χ1) is 14.3. The van der Waals surface area contributed by atoms with E-state index in [1.54, 1.807) is 24.3 Å². The van der Waals surface area contributed by atoms with Gasteiger partial charge in [-0.05, 0) is 56.0 Å². The van der Waals surface area contributed by atoms with Gasteiger partial charge in [-0.2, -0.15) is 4.72 Å². The highest BCUT2D eigenvalue weighted by molar-refractivity contribution is 7.89. The molecule has 0 aliphatic heterocycles. The number of hydrogen-bond donors (Lipinski definition) is 2. The van der Waals surface area contributed by atoms with E-state index in [0.717, 1.165) is 11.1 Å². The summed E-state index contributed by atoms with van der Waals surface area (Å²) in [5.74, 6) is -1.35. The molecule has 2 N–H and O–H groups in total. The monoisotopic (exact) mass is 446 g/mol. The Balaban J connectivity index is 1.94. The van der Waals surface area contributed by atoms with Gasteiger partial charge in [0.2, 0.25) is 10.0 Å². The summed E-state index contributed by atoms with van der Waals surface area (Å²) >= 11 is 0. The fraction of sp³-hybridized carbons (Fsp3) is 0.391. The van der Waals surface area contributed by atoms with Crippen molar-refractivity contribution in [3.8, 4) is 0 Å². The van der Waals surface area contributed by atoms with Crippen molar-refractivity contribution in [2.45, 2.75) is 64.0 Å². The van der Waals surface area contributed by atoms with Gasteiger partial charge in [0.05, 0.1) is 4.90 Å². The number of rotatable bonds is 7. The molecule has 0 saturated heterocycles. The quantitative estimate of drug-likeness (QED) is 0.634. The van der Waals surface area contributed by atoms with Crippen LogP contribution < -0.4 is 10.0 Å². The molecule has 2 rings (SSSR count). The third kappa shape index (κ3) is 6.90. The van der Waals surface area contributed by atoms with Crippen LogP contribution in [0.3, 0.4) is 0 Å². The fourth-order valence-electron chi connectivity index (χ4n) is 2.69. The molecular weight excluding hydrogens is 416 g/mol. The zero-order chi connectivity index (χ0) is 23.4. The van der Waals surface area contributed by atoms with E-state index in [2.05, 4.69) is 30.8 Å². The van der Waals surface area contributed by atoms with Gasteiger partial charge in [0.15, 0.2) is 6.10 Å². The normalized spacial score (nSPS) is 13.9. The number of nitrogens with one attached hydrogen (secondary N) is 2. The van der Waals surface area contributed by atoms with Crippen molar-refractivity contribution in [3.63, 3.8) is 0 Å². The Kier molecular flexibility index (Phi) is 7.62. The van der Waals surface area contributed by atoms with Gasteiger partial charge in [-0.3, -0.25) is 9.59 Å². The highest BCUT2D eigenvalue weighted by Gasteiger charge is 2.26. The molecule has 0 bridgehead atoms. The van der Waals surface area contributed by atoms with Crippen molar-refractivity contribution in [1.29, 1.82) is 0 Å². The van der Waals surface area contributed by atoms with E-state index >= 15 is 0 Å². The number of carbonyl (C=O) groups is 2. The molecule has 2 atom stereocenters. The van der Waals surface area contributed by atoms with Crippen LogP contribution in [-0.2, 0) is 29.8 Å². The molecule has 0 saturated carbocycles. The van der Waals surface area contributed by atoms with Crippen LogP contribution in [0.5, 0.6) is 0 Å². The summed E-state index contributed by atoms with van der Waals surface area (Å²) in [6.45, 7) is 10.9. The SMILES string of the molecule is Cc1ccc(S(=O)(=O)N[C@@H](C)C(=O)OC(C)C(=O)Nc2ccc(C(C)(C)C)cc2)cc1. The first-order valence-electron chi connectivity index (χ1n) is 10.0. The number of benzene rings is 2. The molecule has 168 valence electrons. The number of anilines is 1. The Labute approximate surface area is 184 Å². The second-order valence-electron chi connectivity index (χ2n) is 8.55. The molecule has 0 spiro atoms. The van der Waals surface area contributed by atoms with E-state index in [1.165, 1.54) is 26.0 Å². The summed E-state index contributed by atoms with van der Waals surface area (Å²) in [4.78, 5) is 24.7. The van der Waals surface area contributed by atoms with Gasteiger partial charge in [-0.15, -0.1) is 0 Å². The third-order valence-electron chi connectivity index (χ3n) is 4.70. The van der Waals surface area contributed by atoms with Crippen molar-refractivity contribution in [2.75, 3.05) is 5.32 Å². The number of sulfonamides is 1. The van der Waals surface area contributed by atoms with Crippen LogP contribution >= 0.6 is 0 Å². The standard InChI is InChI=1S/C23H30N2O5S/c1-15-7-13-20(14-8-15)31(28,29)25-16(2)22(27)30-17(3)21(26)24-19-11-9-18(10-12-19)23(4,5)6/h7-14,16-17,25H,1-6H3,(H,24,26)/t16-,17?/m0/s1. The Morgan fingerprint density at radius 2 is 1.48 bits per heavy atom. The summed E-state index contributed by atoms with van der Waals surface area (Å²) in [7, 11) is -3.89. The van der Waals surface area contributed by atoms with Gasteiger partial charge in [0.25, 0.3) is 5.91 Å². The van der Waals surface area contributed by atoms with Crippen LogP contribution in [0.4, 0.5) is 5.69 Å². The first kappa shape index (κ1) is 24.6. The largest absolute Gasteiger partial charge is 0.451 e. The maximum Gasteiger partial charge on any atom is 0.324 e. The molecule has 8 heteroatoms. The second kappa shape index (κ2) is 9.62. The fourth-order valence-corrected chi connectivity index (χ4v) is 3.89. The lowest BCUT2D eigenvalue weighted by Gasteiger charge is -2.20. The average molecular weight is 447 g/mol. The van der Waals surface area contributed by atoms with Crippen molar-refractivity contribution < 1.29 is 22.7 Å². The minimum atomic E-state index is -3.89.